The Kier molecular flexibility index (Phi) is 6.65. The van der Waals surface area contributed by atoms with Crippen LogP contribution in [-0.2, 0) is 0 Å². The zero-order valence-corrected chi connectivity index (χ0v) is 18.7. The van der Waals surface area contributed by atoms with Gasteiger partial charge >= 0.3 is 0 Å². The number of amides is 2. The number of carbonyl (C=O) groups is 2. The van der Waals surface area contributed by atoms with E-state index < -0.39 is 0 Å². The van der Waals surface area contributed by atoms with E-state index in [1.807, 2.05) is 48.2 Å². The third-order valence-electron chi connectivity index (χ3n) is 6.57. The maximum absolute atomic E-state index is 12.8. The molecule has 4 rings (SSSR count). The summed E-state index contributed by atoms with van der Waals surface area (Å²) in [6.07, 6.45) is 3.74. The highest BCUT2D eigenvalue weighted by atomic mass is 16.2. The van der Waals surface area contributed by atoms with E-state index in [-0.39, 0.29) is 23.9 Å². The molecule has 0 spiro atoms. The van der Waals surface area contributed by atoms with Gasteiger partial charge in [0.1, 0.15) is 0 Å². The van der Waals surface area contributed by atoms with E-state index in [0.717, 1.165) is 42.5 Å². The summed E-state index contributed by atoms with van der Waals surface area (Å²) in [5.41, 5.74) is 16.2. The number of anilines is 2. The largest absolute Gasteiger partial charge is 0.397 e. The molecule has 170 valence electrons. The number of nitrogen functional groups attached to an aromatic ring is 1. The Balaban J connectivity index is 1.35. The summed E-state index contributed by atoms with van der Waals surface area (Å²) in [6.45, 7) is 4.67. The molecule has 7 nitrogen and oxygen atoms in total. The fourth-order valence-corrected chi connectivity index (χ4v) is 4.63. The molecule has 0 atom stereocenters. The molecule has 0 bridgehead atoms. The van der Waals surface area contributed by atoms with E-state index in [0.29, 0.717) is 37.4 Å². The van der Waals surface area contributed by atoms with Gasteiger partial charge in [-0.05, 0) is 62.9 Å². The number of nitrogens with zero attached hydrogens (tertiary/aromatic N) is 2. The lowest BCUT2D eigenvalue weighted by molar-refractivity contribution is 0.0746. The number of nitrogens with two attached hydrogens (primary N) is 2. The van der Waals surface area contributed by atoms with Gasteiger partial charge in [0.25, 0.3) is 11.8 Å². The van der Waals surface area contributed by atoms with Gasteiger partial charge < -0.3 is 26.6 Å². The smallest absolute Gasteiger partial charge is 0.253 e. The summed E-state index contributed by atoms with van der Waals surface area (Å²) in [5, 5.41) is 3.11. The topological polar surface area (TPSA) is 105 Å². The molecule has 1 aliphatic heterocycles. The average Bonchev–Trinajstić information content (AvgIpc) is 2.80. The zero-order valence-electron chi connectivity index (χ0n) is 18.7. The molecule has 1 heterocycles. The van der Waals surface area contributed by atoms with Gasteiger partial charge in [0.05, 0.1) is 11.4 Å². The summed E-state index contributed by atoms with van der Waals surface area (Å²) in [5.74, 6) is -0.0192. The highest BCUT2D eigenvalue weighted by Gasteiger charge is 2.24. The van der Waals surface area contributed by atoms with Gasteiger partial charge in [-0.1, -0.05) is 17.7 Å². The molecule has 2 amide bonds. The van der Waals surface area contributed by atoms with Crippen molar-refractivity contribution in [3.63, 3.8) is 0 Å². The molecule has 1 aliphatic carbocycles. The third kappa shape index (κ3) is 5.05. The maximum Gasteiger partial charge on any atom is 0.253 e. The standard InChI is InChI=1S/C25H33N5O2/c1-17-3-2-4-19(15-17)25(32)30-13-11-29(12-14-30)23-10-5-18(16-22(23)27)24(31)28-21-8-6-20(26)7-9-21/h2-5,10,15-16,20-21H,6-9,11-14,26-27H2,1H3,(H,28,31). The van der Waals surface area contributed by atoms with Gasteiger partial charge in [0.15, 0.2) is 0 Å². The number of hydrogen-bond donors (Lipinski definition) is 3. The molecule has 7 heteroatoms. The van der Waals surface area contributed by atoms with E-state index in [4.69, 9.17) is 11.5 Å². The molecular weight excluding hydrogens is 402 g/mol. The van der Waals surface area contributed by atoms with Crippen molar-refractivity contribution in [2.45, 2.75) is 44.7 Å². The highest BCUT2D eigenvalue weighted by molar-refractivity contribution is 5.96. The molecule has 32 heavy (non-hydrogen) atoms. The fourth-order valence-electron chi connectivity index (χ4n) is 4.63. The molecular formula is C25H33N5O2. The Labute approximate surface area is 189 Å². The van der Waals surface area contributed by atoms with Crippen LogP contribution < -0.4 is 21.7 Å². The molecule has 2 fully saturated rings. The SMILES string of the molecule is Cc1cccc(C(=O)N2CCN(c3ccc(C(=O)NC4CCC(N)CC4)cc3N)CC2)c1. The number of carbonyl (C=O) groups excluding carboxylic acids is 2. The summed E-state index contributed by atoms with van der Waals surface area (Å²) in [6, 6.07) is 13.6. The van der Waals surface area contributed by atoms with Crippen molar-refractivity contribution < 1.29 is 9.59 Å². The van der Waals surface area contributed by atoms with E-state index >= 15 is 0 Å². The number of rotatable bonds is 4. The maximum atomic E-state index is 12.8. The normalized spacial score (nSPS) is 21.3. The van der Waals surface area contributed by atoms with Crippen LogP contribution >= 0.6 is 0 Å². The Morgan fingerprint density at radius 2 is 1.66 bits per heavy atom. The number of benzene rings is 2. The van der Waals surface area contributed by atoms with Crippen LogP contribution in [0.25, 0.3) is 0 Å². The van der Waals surface area contributed by atoms with E-state index in [1.165, 1.54) is 0 Å². The van der Waals surface area contributed by atoms with Crippen LogP contribution in [0.3, 0.4) is 0 Å². The van der Waals surface area contributed by atoms with Gasteiger partial charge in [0.2, 0.25) is 0 Å². The monoisotopic (exact) mass is 435 g/mol. The predicted molar refractivity (Wildman–Crippen MR) is 128 cm³/mol. The average molecular weight is 436 g/mol. The Hall–Kier alpha value is -3.06. The fraction of sp³-hybridized carbons (Fsp3) is 0.440. The minimum Gasteiger partial charge on any atom is -0.397 e. The van der Waals surface area contributed by atoms with Crippen LogP contribution in [0, 0.1) is 6.92 Å². The second kappa shape index (κ2) is 9.61. The highest BCUT2D eigenvalue weighted by Crippen LogP contribution is 2.26. The van der Waals surface area contributed by atoms with Crippen molar-refractivity contribution in [3.05, 3.63) is 59.2 Å². The lowest BCUT2D eigenvalue weighted by Gasteiger charge is -2.36. The van der Waals surface area contributed by atoms with Gasteiger partial charge in [-0.3, -0.25) is 9.59 Å². The van der Waals surface area contributed by atoms with E-state index in [9.17, 15) is 9.59 Å². The first-order chi connectivity index (χ1) is 15.4. The quantitative estimate of drug-likeness (QED) is 0.640. The van der Waals surface area contributed by atoms with Crippen molar-refractivity contribution in [1.29, 1.82) is 0 Å². The Morgan fingerprint density at radius 1 is 0.938 bits per heavy atom. The molecule has 5 N–H and O–H groups in total. The van der Waals surface area contributed by atoms with E-state index in [1.54, 1.807) is 6.07 Å². The lowest BCUT2D eigenvalue weighted by Crippen LogP contribution is -2.49. The van der Waals surface area contributed by atoms with Crippen molar-refractivity contribution in [2.24, 2.45) is 5.73 Å². The molecule has 0 radical (unpaired) electrons. The van der Waals surface area contributed by atoms with Gasteiger partial charge in [-0.15, -0.1) is 0 Å². The van der Waals surface area contributed by atoms with Crippen molar-refractivity contribution in [2.75, 3.05) is 36.8 Å². The van der Waals surface area contributed by atoms with Gasteiger partial charge in [-0.25, -0.2) is 0 Å². The summed E-state index contributed by atoms with van der Waals surface area (Å²) < 4.78 is 0. The first-order valence-electron chi connectivity index (χ1n) is 11.5. The zero-order chi connectivity index (χ0) is 22.7. The van der Waals surface area contributed by atoms with E-state index in [2.05, 4.69) is 10.2 Å². The first-order valence-corrected chi connectivity index (χ1v) is 11.5. The van der Waals surface area contributed by atoms with Crippen molar-refractivity contribution in [1.82, 2.24) is 10.2 Å². The molecule has 1 saturated carbocycles. The van der Waals surface area contributed by atoms with Crippen LogP contribution in [-0.4, -0.2) is 55.0 Å². The molecule has 0 unspecified atom stereocenters. The minimum absolute atomic E-state index is 0.0667. The number of piperazine rings is 1. The second-order valence-electron chi connectivity index (χ2n) is 9.01. The van der Waals surface area contributed by atoms with Crippen molar-refractivity contribution in [3.8, 4) is 0 Å². The minimum atomic E-state index is -0.0858. The van der Waals surface area contributed by atoms with Gasteiger partial charge in [-0.2, -0.15) is 0 Å². The summed E-state index contributed by atoms with van der Waals surface area (Å²) >= 11 is 0. The summed E-state index contributed by atoms with van der Waals surface area (Å²) in [4.78, 5) is 29.5. The van der Waals surface area contributed by atoms with Crippen LogP contribution in [0.4, 0.5) is 11.4 Å². The van der Waals surface area contributed by atoms with Crippen LogP contribution in [0.2, 0.25) is 0 Å². The van der Waals surface area contributed by atoms with Crippen LogP contribution in [0.15, 0.2) is 42.5 Å². The number of aryl methyl sites for hydroxylation is 1. The Bertz CT molecular complexity index is 976. The molecule has 1 saturated heterocycles. The Morgan fingerprint density at radius 3 is 2.31 bits per heavy atom. The molecule has 2 aromatic carbocycles. The molecule has 2 aromatic rings. The first kappa shape index (κ1) is 22.1. The van der Waals surface area contributed by atoms with Crippen LogP contribution in [0.1, 0.15) is 52.0 Å². The number of hydrogen-bond acceptors (Lipinski definition) is 5. The third-order valence-corrected chi connectivity index (χ3v) is 6.57. The van der Waals surface area contributed by atoms with Gasteiger partial charge in [0, 0.05) is 49.4 Å². The summed E-state index contributed by atoms with van der Waals surface area (Å²) in [7, 11) is 0. The second-order valence-corrected chi connectivity index (χ2v) is 9.01. The molecule has 2 aliphatic rings. The van der Waals surface area contributed by atoms with Crippen molar-refractivity contribution >= 4 is 23.2 Å². The van der Waals surface area contributed by atoms with Crippen LogP contribution in [0.5, 0.6) is 0 Å². The predicted octanol–water partition coefficient (Wildman–Crippen LogP) is 2.54. The number of nitrogens with one attached hydrogen (secondary N) is 1. The molecule has 0 aromatic heterocycles. The lowest BCUT2D eigenvalue weighted by atomic mass is 9.91.